The van der Waals surface area contributed by atoms with Gasteiger partial charge in [0.05, 0.1) is 11.1 Å². The Bertz CT molecular complexity index is 932. The van der Waals surface area contributed by atoms with E-state index < -0.39 is 11.8 Å². The van der Waals surface area contributed by atoms with Gasteiger partial charge in [0, 0.05) is 0 Å². The Labute approximate surface area is 144 Å². The molecule has 1 aliphatic rings. The molecule has 25 heavy (non-hydrogen) atoms. The molecule has 0 aromatic heterocycles. The molecule has 0 fully saturated rings. The van der Waals surface area contributed by atoms with Crippen LogP contribution in [0.25, 0.3) is 10.8 Å². The van der Waals surface area contributed by atoms with Crippen molar-refractivity contribution in [3.05, 3.63) is 77.9 Å². The van der Waals surface area contributed by atoms with Gasteiger partial charge in [-0.15, -0.1) is 5.06 Å². The van der Waals surface area contributed by atoms with Gasteiger partial charge in [0.2, 0.25) is 0 Å². The summed E-state index contributed by atoms with van der Waals surface area (Å²) in [6.45, 7) is 0.323. The van der Waals surface area contributed by atoms with Crippen molar-refractivity contribution in [3.63, 3.8) is 0 Å². The highest BCUT2D eigenvalue weighted by Crippen LogP contribution is 2.23. The summed E-state index contributed by atoms with van der Waals surface area (Å²) >= 11 is 0. The lowest BCUT2D eigenvalue weighted by atomic mass is 10.1. The first-order valence-corrected chi connectivity index (χ1v) is 7.96. The molecule has 5 heteroatoms. The number of ether oxygens (including phenoxy) is 1. The van der Waals surface area contributed by atoms with Crippen LogP contribution in [0.2, 0.25) is 0 Å². The molecule has 0 saturated carbocycles. The molecule has 5 nitrogen and oxygen atoms in total. The maximum Gasteiger partial charge on any atom is 0.285 e. The summed E-state index contributed by atoms with van der Waals surface area (Å²) in [5.41, 5.74) is 0.728. The van der Waals surface area contributed by atoms with Crippen LogP contribution in [0.3, 0.4) is 0 Å². The molecule has 3 aromatic rings. The first kappa shape index (κ1) is 15.4. The van der Waals surface area contributed by atoms with Gasteiger partial charge in [-0.2, -0.15) is 0 Å². The third-order valence-corrected chi connectivity index (χ3v) is 4.05. The summed E-state index contributed by atoms with van der Waals surface area (Å²) in [6.07, 6.45) is 0. The minimum atomic E-state index is -0.439. The number of benzene rings is 3. The molecule has 0 N–H and O–H groups in total. The second-order valence-corrected chi connectivity index (χ2v) is 5.64. The van der Waals surface area contributed by atoms with Gasteiger partial charge in [-0.3, -0.25) is 14.4 Å². The lowest BCUT2D eigenvalue weighted by molar-refractivity contribution is -0.0976. The van der Waals surface area contributed by atoms with Crippen molar-refractivity contribution in [2.45, 2.75) is 0 Å². The van der Waals surface area contributed by atoms with Crippen molar-refractivity contribution in [2.75, 3.05) is 13.2 Å². The van der Waals surface area contributed by atoms with Crippen molar-refractivity contribution in [2.24, 2.45) is 0 Å². The summed E-state index contributed by atoms with van der Waals surface area (Å²) in [6, 6.07) is 20.5. The summed E-state index contributed by atoms with van der Waals surface area (Å²) in [5.74, 6) is -0.165. The van der Waals surface area contributed by atoms with Crippen LogP contribution in [-0.2, 0) is 4.84 Å². The van der Waals surface area contributed by atoms with Crippen LogP contribution >= 0.6 is 0 Å². The predicted molar refractivity (Wildman–Crippen MR) is 92.3 cm³/mol. The number of amides is 2. The molecule has 0 saturated heterocycles. The van der Waals surface area contributed by atoms with Crippen molar-refractivity contribution >= 4 is 22.6 Å². The predicted octanol–water partition coefficient (Wildman–Crippen LogP) is 3.45. The zero-order valence-corrected chi connectivity index (χ0v) is 13.3. The van der Waals surface area contributed by atoms with Crippen LogP contribution in [0, 0.1) is 0 Å². The Morgan fingerprint density at radius 3 is 2.08 bits per heavy atom. The average molecular weight is 333 g/mol. The molecule has 3 aromatic carbocycles. The fourth-order valence-corrected chi connectivity index (χ4v) is 2.83. The SMILES string of the molecule is O=C1c2ccccc2C(=O)N1OCCOc1ccc2ccccc2c1. The number of nitrogens with zero attached hydrogens (tertiary/aromatic N) is 1. The molecule has 1 heterocycles. The third kappa shape index (κ3) is 2.86. The summed E-state index contributed by atoms with van der Waals surface area (Å²) in [5, 5.41) is 3.02. The fourth-order valence-electron chi connectivity index (χ4n) is 2.83. The van der Waals surface area contributed by atoms with E-state index in [0.29, 0.717) is 16.9 Å². The van der Waals surface area contributed by atoms with Crippen LogP contribution in [0.4, 0.5) is 0 Å². The maximum absolute atomic E-state index is 12.2. The highest BCUT2D eigenvalue weighted by Gasteiger charge is 2.36. The van der Waals surface area contributed by atoms with E-state index in [1.807, 2.05) is 42.5 Å². The normalized spacial score (nSPS) is 13.4. The fraction of sp³-hybridized carbons (Fsp3) is 0.100. The van der Waals surface area contributed by atoms with E-state index in [1.165, 1.54) is 0 Å². The largest absolute Gasteiger partial charge is 0.491 e. The van der Waals surface area contributed by atoms with Crippen LogP contribution in [0.1, 0.15) is 20.7 Å². The van der Waals surface area contributed by atoms with E-state index in [9.17, 15) is 9.59 Å². The van der Waals surface area contributed by atoms with E-state index in [4.69, 9.17) is 9.57 Å². The van der Waals surface area contributed by atoms with Gasteiger partial charge >= 0.3 is 0 Å². The van der Waals surface area contributed by atoms with Gasteiger partial charge in [-0.05, 0) is 35.0 Å². The second-order valence-electron chi connectivity index (χ2n) is 5.64. The number of carbonyl (C=O) groups excluding carboxylic acids is 2. The number of hydroxylamine groups is 2. The first-order valence-electron chi connectivity index (χ1n) is 7.96. The molecule has 2 amide bonds. The number of imide groups is 1. The Morgan fingerprint density at radius 1 is 0.720 bits per heavy atom. The van der Waals surface area contributed by atoms with E-state index >= 15 is 0 Å². The number of hydrogen-bond donors (Lipinski definition) is 0. The Kier molecular flexibility index (Phi) is 3.91. The zero-order chi connectivity index (χ0) is 17.2. The smallest absolute Gasteiger partial charge is 0.285 e. The van der Waals surface area contributed by atoms with Crippen molar-refractivity contribution in [1.29, 1.82) is 0 Å². The highest BCUT2D eigenvalue weighted by molar-refractivity contribution is 6.20. The number of hydrogen-bond acceptors (Lipinski definition) is 4. The van der Waals surface area contributed by atoms with E-state index in [1.54, 1.807) is 24.3 Å². The van der Waals surface area contributed by atoms with Crippen LogP contribution in [-0.4, -0.2) is 30.1 Å². The molecule has 0 unspecified atom stereocenters. The monoisotopic (exact) mass is 333 g/mol. The molecule has 0 bridgehead atoms. The third-order valence-electron chi connectivity index (χ3n) is 4.05. The van der Waals surface area contributed by atoms with Gasteiger partial charge < -0.3 is 4.74 Å². The standard InChI is InChI=1S/C20H15NO4/c22-19-17-7-3-4-8-18(17)20(23)21(19)25-12-11-24-16-10-9-14-5-1-2-6-15(14)13-16/h1-10,13H,11-12H2. The highest BCUT2D eigenvalue weighted by atomic mass is 16.7. The minimum Gasteiger partial charge on any atom is -0.491 e. The Hall–Kier alpha value is -3.18. The Morgan fingerprint density at radius 2 is 1.36 bits per heavy atom. The zero-order valence-electron chi connectivity index (χ0n) is 13.3. The lowest BCUT2D eigenvalue weighted by Crippen LogP contribution is -2.31. The quantitative estimate of drug-likeness (QED) is 0.530. The van der Waals surface area contributed by atoms with Gasteiger partial charge in [-0.25, -0.2) is 0 Å². The van der Waals surface area contributed by atoms with Crippen LogP contribution < -0.4 is 4.74 Å². The molecular weight excluding hydrogens is 318 g/mol. The number of rotatable bonds is 5. The minimum absolute atomic E-state index is 0.0955. The summed E-state index contributed by atoms with van der Waals surface area (Å²) in [7, 11) is 0. The average Bonchev–Trinajstić information content (AvgIpc) is 2.90. The number of fused-ring (bicyclic) bond motifs is 2. The van der Waals surface area contributed by atoms with E-state index in [-0.39, 0.29) is 13.2 Å². The van der Waals surface area contributed by atoms with Crippen LogP contribution in [0.5, 0.6) is 5.75 Å². The molecule has 0 aliphatic carbocycles. The van der Waals surface area contributed by atoms with Gasteiger partial charge in [0.25, 0.3) is 11.8 Å². The van der Waals surface area contributed by atoms with Crippen molar-refractivity contribution in [1.82, 2.24) is 5.06 Å². The first-order chi connectivity index (χ1) is 12.2. The maximum atomic E-state index is 12.2. The van der Waals surface area contributed by atoms with Crippen molar-refractivity contribution in [3.8, 4) is 5.75 Å². The van der Waals surface area contributed by atoms with Crippen molar-refractivity contribution < 1.29 is 19.2 Å². The van der Waals surface area contributed by atoms with E-state index in [2.05, 4.69) is 0 Å². The molecule has 4 rings (SSSR count). The van der Waals surface area contributed by atoms with Gasteiger partial charge in [-0.1, -0.05) is 42.5 Å². The van der Waals surface area contributed by atoms with Gasteiger partial charge in [0.1, 0.15) is 19.0 Å². The lowest BCUT2D eigenvalue weighted by Gasteiger charge is -2.14. The summed E-state index contributed by atoms with van der Waals surface area (Å²) in [4.78, 5) is 29.6. The molecule has 0 radical (unpaired) electrons. The molecule has 1 aliphatic heterocycles. The van der Waals surface area contributed by atoms with Crippen LogP contribution in [0.15, 0.2) is 66.7 Å². The van der Waals surface area contributed by atoms with E-state index in [0.717, 1.165) is 15.8 Å². The molecule has 124 valence electrons. The second kappa shape index (κ2) is 6.37. The topological polar surface area (TPSA) is 55.8 Å². The molecule has 0 spiro atoms. The Balaban J connectivity index is 1.35. The van der Waals surface area contributed by atoms with Gasteiger partial charge in [0.15, 0.2) is 0 Å². The molecule has 0 atom stereocenters. The summed E-state index contributed by atoms with van der Waals surface area (Å²) < 4.78 is 5.65. The number of carbonyl (C=O) groups is 2. The molecular formula is C20H15NO4.